The van der Waals surface area contributed by atoms with Crippen LogP contribution in [-0.2, 0) is 14.2 Å². The molecule has 12 heteroatoms. The fourth-order valence-corrected chi connectivity index (χ4v) is 1.82. The van der Waals surface area contributed by atoms with Crippen molar-refractivity contribution in [1.29, 1.82) is 0 Å². The van der Waals surface area contributed by atoms with Crippen molar-refractivity contribution < 1.29 is 28.6 Å². The van der Waals surface area contributed by atoms with Crippen LogP contribution < -0.4 is 11.1 Å². The largest absolute Gasteiger partial charge is 0.462 e. The smallest absolute Gasteiger partial charge is 0.433 e. The monoisotopic (exact) mass is 428 g/mol. The number of esters is 2. The molecule has 0 fully saturated rings. The number of hydrogen-bond acceptors (Lipinski definition) is 8. The highest BCUT2D eigenvalue weighted by Crippen LogP contribution is 2.08. The first kappa shape index (κ1) is 26.4. The van der Waals surface area contributed by atoms with Crippen LogP contribution in [0.1, 0.15) is 62.8 Å². The van der Waals surface area contributed by atoms with E-state index in [0.29, 0.717) is 0 Å². The first-order valence-electron chi connectivity index (χ1n) is 8.65. The van der Waals surface area contributed by atoms with Gasteiger partial charge in [-0.15, -0.1) is 0 Å². The molecule has 0 aliphatic carbocycles. The predicted octanol–water partition coefficient (Wildman–Crippen LogP) is 1.65. The molecule has 0 aliphatic heterocycles. The minimum atomic E-state index is -0.777. The van der Waals surface area contributed by atoms with Crippen molar-refractivity contribution in [3.63, 3.8) is 0 Å². The van der Waals surface area contributed by atoms with Gasteiger partial charge < -0.3 is 19.3 Å². The Balaban J connectivity index is 0.000000603. The fraction of sp³-hybridized carbons (Fsp3) is 0.500. The Hall–Kier alpha value is -3.57. The number of H-pyrrole nitrogens is 3. The lowest BCUT2D eigenvalue weighted by atomic mass is 10.2. The summed E-state index contributed by atoms with van der Waals surface area (Å²) in [5.74, 6) is -1.38. The Bertz CT molecular complexity index is 958. The van der Waals surface area contributed by atoms with Crippen LogP contribution in [0.4, 0.5) is 4.79 Å². The highest BCUT2D eigenvalue weighted by Gasteiger charge is 2.21. The zero-order valence-electron chi connectivity index (χ0n) is 16.8. The SMILES string of the molecule is C.CCOC(=O)c1c[nH][nH]c1=O.CCOC(=O)c1cn(C(=O)OC(C)(C)C)[nH]c1=O. The van der Waals surface area contributed by atoms with Crippen LogP contribution in [0.2, 0.25) is 0 Å². The molecule has 0 unspecified atom stereocenters. The van der Waals surface area contributed by atoms with Crippen molar-refractivity contribution >= 4 is 18.0 Å². The Kier molecular flexibility index (Phi) is 10.1. The number of aromatic amines is 3. The molecule has 168 valence electrons. The molecule has 0 aromatic carbocycles. The molecule has 12 nitrogen and oxygen atoms in total. The Morgan fingerprint density at radius 3 is 1.93 bits per heavy atom. The van der Waals surface area contributed by atoms with Gasteiger partial charge in [0.05, 0.1) is 19.4 Å². The normalized spacial score (nSPS) is 10.2. The number of nitrogens with one attached hydrogen (secondary N) is 3. The van der Waals surface area contributed by atoms with Crippen LogP contribution in [0.15, 0.2) is 22.0 Å². The van der Waals surface area contributed by atoms with Crippen LogP contribution in [0, 0.1) is 0 Å². The van der Waals surface area contributed by atoms with Gasteiger partial charge >= 0.3 is 18.0 Å². The quantitative estimate of drug-likeness (QED) is 0.488. The summed E-state index contributed by atoms with van der Waals surface area (Å²) in [4.78, 5) is 56.1. The van der Waals surface area contributed by atoms with E-state index in [-0.39, 0.29) is 31.8 Å². The lowest BCUT2D eigenvalue weighted by Crippen LogP contribution is -2.28. The molecule has 0 amide bonds. The molecular formula is C18H28N4O8. The second kappa shape index (κ2) is 11.4. The van der Waals surface area contributed by atoms with Gasteiger partial charge in [-0.05, 0) is 34.6 Å². The predicted molar refractivity (Wildman–Crippen MR) is 107 cm³/mol. The molecule has 0 atom stereocenters. The third kappa shape index (κ3) is 7.81. The second-order valence-electron chi connectivity index (χ2n) is 6.43. The molecular weight excluding hydrogens is 400 g/mol. The summed E-state index contributed by atoms with van der Waals surface area (Å²) in [5.41, 5.74) is -2.07. The molecule has 0 radical (unpaired) electrons. The number of ether oxygens (including phenoxy) is 3. The molecule has 0 spiro atoms. The summed E-state index contributed by atoms with van der Waals surface area (Å²) in [6.45, 7) is 8.80. The van der Waals surface area contributed by atoms with E-state index in [0.717, 1.165) is 10.9 Å². The molecule has 2 aromatic heterocycles. The molecule has 2 aromatic rings. The van der Waals surface area contributed by atoms with Gasteiger partial charge in [-0.25, -0.2) is 14.4 Å². The van der Waals surface area contributed by atoms with E-state index in [2.05, 4.69) is 24.8 Å². The van der Waals surface area contributed by atoms with Gasteiger partial charge in [0.15, 0.2) is 0 Å². The lowest BCUT2D eigenvalue weighted by molar-refractivity contribution is 0.0506. The summed E-state index contributed by atoms with van der Waals surface area (Å²) in [5, 5.41) is 6.82. The topological polar surface area (TPSA) is 165 Å². The standard InChI is InChI=1S/C11H16N2O5.C6H8N2O3.CH4/c1-5-17-9(15)7-6-13(12-8(7)14)10(16)18-11(2,3)4;1-2-11-6(10)4-3-7-8-5(4)9;/h6H,5H2,1-4H3,(H,12,14);3H,2H2,1H3,(H2,7,8,9);1H4. The van der Waals surface area contributed by atoms with Crippen LogP contribution in [0.3, 0.4) is 0 Å². The summed E-state index contributed by atoms with van der Waals surface area (Å²) in [6.07, 6.45) is 1.57. The number of nitrogens with zero attached hydrogens (tertiary/aromatic N) is 1. The maximum Gasteiger partial charge on any atom is 0.433 e. The Labute approximate surface area is 172 Å². The number of carbonyl (C=O) groups excluding carboxylic acids is 3. The molecule has 0 bridgehead atoms. The van der Waals surface area contributed by atoms with Crippen molar-refractivity contribution in [2.45, 2.75) is 47.6 Å². The first-order valence-corrected chi connectivity index (χ1v) is 8.65. The minimum Gasteiger partial charge on any atom is -0.462 e. The second-order valence-corrected chi connectivity index (χ2v) is 6.43. The van der Waals surface area contributed by atoms with Crippen molar-refractivity contribution in [2.24, 2.45) is 0 Å². The zero-order chi connectivity index (χ0) is 22.2. The Morgan fingerprint density at radius 1 is 0.967 bits per heavy atom. The summed E-state index contributed by atoms with van der Waals surface area (Å²) < 4.78 is 15.1. The highest BCUT2D eigenvalue weighted by atomic mass is 16.6. The van der Waals surface area contributed by atoms with Gasteiger partial charge in [0.25, 0.3) is 11.1 Å². The van der Waals surface area contributed by atoms with Crippen molar-refractivity contribution in [1.82, 2.24) is 20.0 Å². The highest BCUT2D eigenvalue weighted by molar-refractivity contribution is 5.89. The van der Waals surface area contributed by atoms with E-state index in [4.69, 9.17) is 4.74 Å². The van der Waals surface area contributed by atoms with Crippen molar-refractivity contribution in [3.05, 3.63) is 44.2 Å². The number of carbonyl (C=O) groups is 3. The Morgan fingerprint density at radius 2 is 1.50 bits per heavy atom. The van der Waals surface area contributed by atoms with Crippen LogP contribution in [-0.4, -0.2) is 56.8 Å². The average molecular weight is 428 g/mol. The number of aromatic nitrogens is 4. The molecule has 0 saturated carbocycles. The van der Waals surface area contributed by atoms with Gasteiger partial charge in [-0.2, -0.15) is 4.68 Å². The van der Waals surface area contributed by atoms with Crippen molar-refractivity contribution in [3.8, 4) is 0 Å². The van der Waals surface area contributed by atoms with Gasteiger partial charge in [-0.3, -0.25) is 19.8 Å². The molecule has 30 heavy (non-hydrogen) atoms. The summed E-state index contributed by atoms with van der Waals surface area (Å²) >= 11 is 0. The number of rotatable bonds is 4. The third-order valence-corrected chi connectivity index (χ3v) is 2.95. The van der Waals surface area contributed by atoms with E-state index in [1.54, 1.807) is 34.6 Å². The van der Waals surface area contributed by atoms with Gasteiger partial charge in [0.1, 0.15) is 16.7 Å². The van der Waals surface area contributed by atoms with E-state index in [1.807, 2.05) is 0 Å². The number of hydrogen-bond donors (Lipinski definition) is 3. The zero-order valence-corrected chi connectivity index (χ0v) is 16.8. The first-order chi connectivity index (χ1) is 13.5. The van der Waals surface area contributed by atoms with Gasteiger partial charge in [-0.1, -0.05) is 7.43 Å². The average Bonchev–Trinajstić information content (AvgIpc) is 3.20. The van der Waals surface area contributed by atoms with Crippen molar-refractivity contribution in [2.75, 3.05) is 13.2 Å². The van der Waals surface area contributed by atoms with Gasteiger partial charge in [0, 0.05) is 6.20 Å². The van der Waals surface area contributed by atoms with E-state index < -0.39 is 34.8 Å². The lowest BCUT2D eigenvalue weighted by Gasteiger charge is -2.18. The molecule has 3 N–H and O–H groups in total. The van der Waals surface area contributed by atoms with E-state index >= 15 is 0 Å². The molecule has 0 saturated heterocycles. The van der Waals surface area contributed by atoms with Gasteiger partial charge in [0.2, 0.25) is 0 Å². The summed E-state index contributed by atoms with van der Waals surface area (Å²) in [7, 11) is 0. The fourth-order valence-electron chi connectivity index (χ4n) is 1.82. The van der Waals surface area contributed by atoms with E-state index in [9.17, 15) is 24.0 Å². The summed E-state index contributed by atoms with van der Waals surface area (Å²) in [6, 6.07) is 0. The van der Waals surface area contributed by atoms with Crippen LogP contribution >= 0.6 is 0 Å². The molecule has 2 rings (SSSR count). The third-order valence-electron chi connectivity index (χ3n) is 2.95. The van der Waals surface area contributed by atoms with E-state index in [1.165, 1.54) is 6.20 Å². The maximum absolute atomic E-state index is 11.6. The minimum absolute atomic E-state index is 0. The molecule has 0 aliphatic rings. The van der Waals surface area contributed by atoms with Crippen LogP contribution in [0.25, 0.3) is 0 Å². The maximum atomic E-state index is 11.6. The molecule has 2 heterocycles. The van der Waals surface area contributed by atoms with Crippen LogP contribution in [0.5, 0.6) is 0 Å².